The van der Waals surface area contributed by atoms with Crippen molar-refractivity contribution >= 4 is 11.6 Å². The molecule has 1 fully saturated rings. The summed E-state index contributed by atoms with van der Waals surface area (Å²) in [5, 5.41) is 0. The third-order valence-electron chi connectivity index (χ3n) is 6.98. The Hall–Kier alpha value is -3.06. The summed E-state index contributed by atoms with van der Waals surface area (Å²) >= 11 is 0. The van der Waals surface area contributed by atoms with Gasteiger partial charge in [0.2, 0.25) is 5.91 Å². The maximum atomic E-state index is 14.0. The summed E-state index contributed by atoms with van der Waals surface area (Å²) in [4.78, 5) is 14.9. The van der Waals surface area contributed by atoms with Gasteiger partial charge in [0.1, 0.15) is 5.82 Å². The number of hydrogen-bond acceptors (Lipinski definition) is 2. The molecule has 0 radical (unpaired) electrons. The van der Waals surface area contributed by atoms with Crippen LogP contribution in [0.15, 0.2) is 36.4 Å². The van der Waals surface area contributed by atoms with Gasteiger partial charge >= 0.3 is 12.4 Å². The van der Waals surface area contributed by atoms with E-state index < -0.39 is 46.7 Å². The van der Waals surface area contributed by atoms with Crippen LogP contribution in [-0.2, 0) is 23.6 Å². The maximum absolute atomic E-state index is 14.0. The van der Waals surface area contributed by atoms with E-state index in [-0.39, 0.29) is 37.4 Å². The Kier molecular flexibility index (Phi) is 7.56. The molecule has 198 valence electrons. The average Bonchev–Trinajstić information content (AvgIpc) is 2.95. The van der Waals surface area contributed by atoms with Gasteiger partial charge in [-0.2, -0.15) is 26.3 Å². The van der Waals surface area contributed by atoms with Crippen molar-refractivity contribution in [3.8, 4) is 11.8 Å². The molecule has 1 unspecified atom stereocenters. The molecule has 2 aromatic rings. The van der Waals surface area contributed by atoms with E-state index in [0.717, 1.165) is 37.8 Å². The fourth-order valence-electron chi connectivity index (χ4n) is 5.01. The lowest BCUT2D eigenvalue weighted by atomic mass is 9.87. The molecule has 3 nitrogen and oxygen atoms in total. The van der Waals surface area contributed by atoms with Crippen LogP contribution in [0.25, 0.3) is 0 Å². The van der Waals surface area contributed by atoms with Crippen LogP contribution in [-0.4, -0.2) is 18.5 Å². The molecule has 0 bridgehead atoms. The first kappa shape index (κ1) is 27.0. The summed E-state index contributed by atoms with van der Waals surface area (Å²) in [5.41, 5.74) is 3.15. The number of nitrogens with two attached hydrogens (primary N) is 1. The number of rotatable bonds is 2. The first-order valence-corrected chi connectivity index (χ1v) is 12.0. The molecule has 37 heavy (non-hydrogen) atoms. The highest BCUT2D eigenvalue weighted by Gasteiger charge is 2.42. The quantitative estimate of drug-likeness (QED) is 0.361. The van der Waals surface area contributed by atoms with Crippen molar-refractivity contribution in [3.63, 3.8) is 0 Å². The van der Waals surface area contributed by atoms with E-state index in [4.69, 9.17) is 5.73 Å². The Bertz CT molecular complexity index is 1220. The fraction of sp³-hybridized carbons (Fsp3) is 0.444. The van der Waals surface area contributed by atoms with E-state index in [2.05, 4.69) is 11.8 Å². The Morgan fingerprint density at radius 3 is 2.27 bits per heavy atom. The van der Waals surface area contributed by atoms with Gasteiger partial charge in [0, 0.05) is 17.6 Å². The maximum Gasteiger partial charge on any atom is 0.416 e. The zero-order chi connectivity index (χ0) is 27.0. The number of fused-ring (bicyclic) bond motifs is 1. The van der Waals surface area contributed by atoms with E-state index in [1.165, 1.54) is 17.0 Å². The van der Waals surface area contributed by atoms with Gasteiger partial charge in [-0.05, 0) is 80.0 Å². The van der Waals surface area contributed by atoms with Crippen molar-refractivity contribution in [2.75, 3.05) is 11.4 Å². The predicted octanol–water partition coefficient (Wildman–Crippen LogP) is 6.45. The number of amides is 1. The number of halogens is 7. The molecule has 2 aromatic carbocycles. The van der Waals surface area contributed by atoms with Crippen LogP contribution in [0.5, 0.6) is 0 Å². The first-order chi connectivity index (χ1) is 17.3. The second kappa shape index (κ2) is 10.4. The smallest absolute Gasteiger partial charge is 0.328 e. The van der Waals surface area contributed by atoms with E-state index >= 15 is 0 Å². The lowest BCUT2D eigenvalue weighted by Crippen LogP contribution is -2.35. The van der Waals surface area contributed by atoms with Gasteiger partial charge in [0.05, 0.1) is 23.6 Å². The third kappa shape index (κ3) is 6.09. The van der Waals surface area contributed by atoms with Crippen molar-refractivity contribution in [2.45, 2.75) is 62.8 Å². The van der Waals surface area contributed by atoms with Crippen LogP contribution in [0, 0.1) is 23.6 Å². The molecule has 1 saturated carbocycles. The standard InChI is InChI=1S/C27H25F7N2O/c28-19-7-12-24-17(14-19)5-10-22(21-11-6-18(26(29,30)31)15-23(21)27(32,33)34)25(37)36(24)13-1-2-16-3-8-20(35)9-4-16/h6-7,11-12,14-16,20,22H,3-5,8-10,13,35H2. The molecule has 4 rings (SSSR count). The number of carbonyl (C=O) groups excluding carboxylic acids is 1. The van der Waals surface area contributed by atoms with Crippen molar-refractivity contribution in [2.24, 2.45) is 11.7 Å². The largest absolute Gasteiger partial charge is 0.416 e. The summed E-state index contributed by atoms with van der Waals surface area (Å²) < 4.78 is 95.1. The first-order valence-electron chi connectivity index (χ1n) is 12.0. The molecule has 1 amide bonds. The predicted molar refractivity (Wildman–Crippen MR) is 124 cm³/mol. The molecule has 1 aliphatic carbocycles. The van der Waals surface area contributed by atoms with Crippen molar-refractivity contribution in [1.29, 1.82) is 0 Å². The number of alkyl halides is 6. The summed E-state index contributed by atoms with van der Waals surface area (Å²) in [6, 6.07) is 5.18. The summed E-state index contributed by atoms with van der Waals surface area (Å²) in [6.45, 7) is -0.140. The van der Waals surface area contributed by atoms with Crippen LogP contribution >= 0.6 is 0 Å². The van der Waals surface area contributed by atoms with E-state index in [9.17, 15) is 35.5 Å². The summed E-state index contributed by atoms with van der Waals surface area (Å²) in [6.07, 6.45) is -6.93. The normalized spacial score (nSPS) is 22.6. The van der Waals surface area contributed by atoms with Gasteiger partial charge in [-0.3, -0.25) is 9.69 Å². The van der Waals surface area contributed by atoms with E-state index in [1.54, 1.807) is 0 Å². The molecule has 2 aliphatic rings. The van der Waals surface area contributed by atoms with Crippen LogP contribution in [0.3, 0.4) is 0 Å². The molecule has 1 atom stereocenters. The minimum Gasteiger partial charge on any atom is -0.328 e. The monoisotopic (exact) mass is 526 g/mol. The van der Waals surface area contributed by atoms with Gasteiger partial charge in [-0.15, -0.1) is 0 Å². The summed E-state index contributed by atoms with van der Waals surface area (Å²) in [7, 11) is 0. The number of aryl methyl sites for hydroxylation is 1. The Labute approximate surface area is 209 Å². The van der Waals surface area contributed by atoms with Crippen LogP contribution in [0.2, 0.25) is 0 Å². The molecule has 2 N–H and O–H groups in total. The highest BCUT2D eigenvalue weighted by Crippen LogP contribution is 2.43. The van der Waals surface area contributed by atoms with Crippen LogP contribution in [0.1, 0.15) is 60.3 Å². The molecule has 0 spiro atoms. The fourth-order valence-corrected chi connectivity index (χ4v) is 5.01. The number of nitrogens with zero attached hydrogens (tertiary/aromatic N) is 1. The van der Waals surface area contributed by atoms with Gasteiger partial charge in [-0.1, -0.05) is 17.9 Å². The molecule has 0 aromatic heterocycles. The van der Waals surface area contributed by atoms with Gasteiger partial charge in [-0.25, -0.2) is 4.39 Å². The highest BCUT2D eigenvalue weighted by molar-refractivity contribution is 6.00. The number of hydrogen-bond donors (Lipinski definition) is 1. The highest BCUT2D eigenvalue weighted by atomic mass is 19.4. The molecular formula is C27H25F7N2O. The van der Waals surface area contributed by atoms with E-state index in [1.807, 2.05) is 0 Å². The van der Waals surface area contributed by atoms with Gasteiger partial charge in [0.25, 0.3) is 0 Å². The van der Waals surface area contributed by atoms with Crippen molar-refractivity contribution in [3.05, 3.63) is 64.5 Å². The number of carbonyl (C=O) groups is 1. The second-order valence-corrected chi connectivity index (χ2v) is 9.52. The van der Waals surface area contributed by atoms with Crippen molar-refractivity contribution < 1.29 is 35.5 Å². The van der Waals surface area contributed by atoms with Gasteiger partial charge < -0.3 is 5.73 Å². The number of anilines is 1. The van der Waals surface area contributed by atoms with Gasteiger partial charge in [0.15, 0.2) is 0 Å². The Morgan fingerprint density at radius 1 is 0.919 bits per heavy atom. The zero-order valence-corrected chi connectivity index (χ0v) is 19.7. The molecule has 0 saturated heterocycles. The third-order valence-corrected chi connectivity index (χ3v) is 6.98. The average molecular weight is 526 g/mol. The Morgan fingerprint density at radius 2 is 1.62 bits per heavy atom. The Balaban J connectivity index is 1.72. The molecule has 1 heterocycles. The molecule has 10 heteroatoms. The zero-order valence-electron chi connectivity index (χ0n) is 19.7. The number of benzene rings is 2. The molecular weight excluding hydrogens is 501 g/mol. The SMILES string of the molecule is NC1CCC(C#CCN2C(=O)C(c3ccc(C(F)(F)F)cc3C(F)(F)F)CCc3cc(F)ccc32)CC1. The van der Waals surface area contributed by atoms with Crippen LogP contribution in [0.4, 0.5) is 36.4 Å². The summed E-state index contributed by atoms with van der Waals surface area (Å²) in [5.74, 6) is 3.46. The van der Waals surface area contributed by atoms with E-state index in [0.29, 0.717) is 17.3 Å². The van der Waals surface area contributed by atoms with Crippen LogP contribution < -0.4 is 10.6 Å². The minimum atomic E-state index is -5.12. The topological polar surface area (TPSA) is 46.3 Å². The lowest BCUT2D eigenvalue weighted by molar-refractivity contribution is -0.143. The lowest BCUT2D eigenvalue weighted by Gasteiger charge is -2.26. The minimum absolute atomic E-state index is 0.0399. The second-order valence-electron chi connectivity index (χ2n) is 9.52. The molecule has 1 aliphatic heterocycles. The van der Waals surface area contributed by atoms with Crippen molar-refractivity contribution in [1.82, 2.24) is 0 Å².